The lowest BCUT2D eigenvalue weighted by molar-refractivity contribution is -0.142. The van der Waals surface area contributed by atoms with E-state index in [4.69, 9.17) is 4.74 Å². The lowest BCUT2D eigenvalue weighted by Gasteiger charge is -2.22. The average Bonchev–Trinajstić information content (AvgIpc) is 2.59. The number of hydrogen-bond acceptors (Lipinski definition) is 5. The number of rotatable bonds is 4. The van der Waals surface area contributed by atoms with Gasteiger partial charge in [0.05, 0.1) is 12.3 Å². The standard InChI is InChI=1S/C17H15F3N2O3S/c1-2-25-13(23)9-26(24)16-21-14-11-6-4-3-5-10(11)7-8-12(14)15(22-16)17(18,19)20/h3-6H,2,7-9H2,1H3. The van der Waals surface area contributed by atoms with Crippen molar-refractivity contribution in [3.8, 4) is 11.3 Å². The molecule has 1 aromatic carbocycles. The van der Waals surface area contributed by atoms with Crippen molar-refractivity contribution in [3.05, 3.63) is 41.1 Å². The molecule has 9 heteroatoms. The van der Waals surface area contributed by atoms with Gasteiger partial charge in [-0.25, -0.2) is 9.97 Å². The second-order valence-electron chi connectivity index (χ2n) is 5.63. The van der Waals surface area contributed by atoms with Gasteiger partial charge in [-0.1, -0.05) is 24.3 Å². The number of carbonyl (C=O) groups excluding carboxylic acids is 1. The molecular weight excluding hydrogens is 369 g/mol. The third-order valence-corrected chi connectivity index (χ3v) is 5.02. The topological polar surface area (TPSA) is 69.2 Å². The van der Waals surface area contributed by atoms with Crippen molar-refractivity contribution in [2.75, 3.05) is 12.4 Å². The van der Waals surface area contributed by atoms with Gasteiger partial charge in [0.1, 0.15) is 16.6 Å². The van der Waals surface area contributed by atoms with Crippen LogP contribution < -0.4 is 0 Å². The molecule has 0 amide bonds. The largest absolute Gasteiger partial charge is 0.465 e. The van der Waals surface area contributed by atoms with Gasteiger partial charge in [-0.15, -0.1) is 0 Å². The lowest BCUT2D eigenvalue weighted by Crippen LogP contribution is -2.22. The number of fused-ring (bicyclic) bond motifs is 3. The maximum Gasteiger partial charge on any atom is 0.433 e. The van der Waals surface area contributed by atoms with Crippen LogP contribution >= 0.6 is 0 Å². The molecule has 138 valence electrons. The number of nitrogens with zero attached hydrogens (tertiary/aromatic N) is 2. The highest BCUT2D eigenvalue weighted by molar-refractivity contribution is 7.85. The predicted molar refractivity (Wildman–Crippen MR) is 87.8 cm³/mol. The first-order valence-electron chi connectivity index (χ1n) is 7.91. The number of carbonyl (C=O) groups is 1. The highest BCUT2D eigenvalue weighted by atomic mass is 32.2. The number of hydrogen-bond donors (Lipinski definition) is 0. The summed E-state index contributed by atoms with van der Waals surface area (Å²) in [5, 5.41) is -0.513. The summed E-state index contributed by atoms with van der Waals surface area (Å²) in [6, 6.07) is 7.01. The summed E-state index contributed by atoms with van der Waals surface area (Å²) in [5.41, 5.74) is 0.462. The van der Waals surface area contributed by atoms with Crippen molar-refractivity contribution >= 4 is 16.8 Å². The zero-order valence-corrected chi connectivity index (χ0v) is 14.6. The maximum absolute atomic E-state index is 13.5. The van der Waals surface area contributed by atoms with Crippen molar-refractivity contribution < 1.29 is 26.9 Å². The van der Waals surface area contributed by atoms with Crippen LogP contribution in [0.4, 0.5) is 13.2 Å². The van der Waals surface area contributed by atoms with E-state index in [9.17, 15) is 22.2 Å². The molecule has 0 aliphatic heterocycles. The second-order valence-corrected chi connectivity index (χ2v) is 6.98. The summed E-state index contributed by atoms with van der Waals surface area (Å²) in [7, 11) is -2.13. The molecule has 0 bridgehead atoms. The van der Waals surface area contributed by atoms with Crippen LogP contribution in [0, 0.1) is 0 Å². The Balaban J connectivity index is 2.11. The number of esters is 1. The molecule has 0 radical (unpaired) electrons. The van der Waals surface area contributed by atoms with Crippen molar-refractivity contribution in [1.82, 2.24) is 9.97 Å². The first-order valence-corrected chi connectivity index (χ1v) is 9.23. The average molecular weight is 384 g/mol. The molecule has 1 aromatic heterocycles. The van der Waals surface area contributed by atoms with Gasteiger partial charge >= 0.3 is 12.1 Å². The summed E-state index contributed by atoms with van der Waals surface area (Å²) in [5.74, 6) is -1.37. The van der Waals surface area contributed by atoms with Crippen molar-refractivity contribution in [2.45, 2.75) is 31.1 Å². The molecule has 0 saturated carbocycles. The zero-order chi connectivity index (χ0) is 18.9. The minimum absolute atomic E-state index is 0.00640. The number of aromatic nitrogens is 2. The third kappa shape index (κ3) is 3.62. The highest BCUT2D eigenvalue weighted by Gasteiger charge is 2.39. The smallest absolute Gasteiger partial charge is 0.433 e. The monoisotopic (exact) mass is 384 g/mol. The number of halogens is 3. The van der Waals surface area contributed by atoms with Crippen LogP contribution in [0.1, 0.15) is 23.7 Å². The zero-order valence-electron chi connectivity index (χ0n) is 13.8. The second kappa shape index (κ2) is 7.14. The molecule has 2 aromatic rings. The molecule has 0 spiro atoms. The Morgan fingerprint density at radius 3 is 2.65 bits per heavy atom. The quantitative estimate of drug-likeness (QED) is 0.599. The summed E-state index contributed by atoms with van der Waals surface area (Å²) >= 11 is 0. The van der Waals surface area contributed by atoms with Gasteiger partial charge in [0.2, 0.25) is 5.16 Å². The lowest BCUT2D eigenvalue weighted by atomic mass is 9.88. The van der Waals surface area contributed by atoms with Crippen LogP contribution in [0.3, 0.4) is 0 Å². The minimum atomic E-state index is -4.71. The van der Waals surface area contributed by atoms with Gasteiger partial charge < -0.3 is 4.74 Å². The van der Waals surface area contributed by atoms with Crippen LogP contribution in [0.5, 0.6) is 0 Å². The summed E-state index contributed by atoms with van der Waals surface area (Å²) in [6.07, 6.45) is -4.12. The van der Waals surface area contributed by atoms with E-state index in [0.29, 0.717) is 12.0 Å². The van der Waals surface area contributed by atoms with E-state index in [0.717, 1.165) is 5.56 Å². The van der Waals surface area contributed by atoms with E-state index in [-0.39, 0.29) is 24.3 Å². The van der Waals surface area contributed by atoms with Crippen LogP contribution in [0.2, 0.25) is 0 Å². The Labute approximate surface area is 150 Å². The van der Waals surface area contributed by atoms with Crippen LogP contribution in [0.25, 0.3) is 11.3 Å². The summed E-state index contributed by atoms with van der Waals surface area (Å²) in [4.78, 5) is 19.1. The van der Waals surface area contributed by atoms with Crippen molar-refractivity contribution in [1.29, 1.82) is 0 Å². The first kappa shape index (κ1) is 18.5. The van der Waals surface area contributed by atoms with Gasteiger partial charge in [-0.05, 0) is 25.3 Å². The van der Waals surface area contributed by atoms with E-state index in [1.165, 1.54) is 0 Å². The van der Waals surface area contributed by atoms with E-state index in [1.54, 1.807) is 25.1 Å². The van der Waals surface area contributed by atoms with E-state index in [1.807, 2.05) is 6.07 Å². The van der Waals surface area contributed by atoms with Gasteiger partial charge in [0, 0.05) is 11.1 Å². The summed E-state index contributed by atoms with van der Waals surface area (Å²) < 4.78 is 57.5. The fourth-order valence-electron chi connectivity index (χ4n) is 2.86. The first-order chi connectivity index (χ1) is 12.3. The Kier molecular flexibility index (Phi) is 5.08. The van der Waals surface area contributed by atoms with Crippen LogP contribution in [0.15, 0.2) is 29.4 Å². The Bertz CT molecular complexity index is 884. The molecule has 26 heavy (non-hydrogen) atoms. The molecule has 1 aliphatic carbocycles. The van der Waals surface area contributed by atoms with E-state index in [2.05, 4.69) is 9.97 Å². The molecule has 1 heterocycles. The predicted octanol–water partition coefficient (Wildman–Crippen LogP) is 2.93. The Morgan fingerprint density at radius 2 is 1.96 bits per heavy atom. The molecule has 1 atom stereocenters. The fraction of sp³-hybridized carbons (Fsp3) is 0.353. The molecule has 3 rings (SSSR count). The van der Waals surface area contributed by atoms with Crippen molar-refractivity contribution in [3.63, 3.8) is 0 Å². The highest BCUT2D eigenvalue weighted by Crippen LogP contribution is 2.39. The van der Waals surface area contributed by atoms with E-state index < -0.39 is 39.5 Å². The summed E-state index contributed by atoms with van der Waals surface area (Å²) in [6.45, 7) is 1.66. The number of alkyl halides is 3. The van der Waals surface area contributed by atoms with Crippen LogP contribution in [-0.4, -0.2) is 32.5 Å². The Hall–Kier alpha value is -2.29. The van der Waals surface area contributed by atoms with Crippen LogP contribution in [-0.2, 0) is 39.3 Å². The molecule has 1 unspecified atom stereocenters. The van der Waals surface area contributed by atoms with E-state index >= 15 is 0 Å². The molecule has 0 N–H and O–H groups in total. The van der Waals surface area contributed by atoms with Gasteiger partial charge in [0.15, 0.2) is 5.69 Å². The normalized spacial score (nSPS) is 14.3. The van der Waals surface area contributed by atoms with Crippen molar-refractivity contribution in [2.24, 2.45) is 0 Å². The number of benzene rings is 1. The third-order valence-electron chi connectivity index (χ3n) is 3.93. The molecular formula is C17H15F3N2O3S. The molecule has 0 fully saturated rings. The Morgan fingerprint density at radius 1 is 1.23 bits per heavy atom. The molecule has 1 aliphatic rings. The van der Waals surface area contributed by atoms with Gasteiger partial charge in [-0.3, -0.25) is 9.00 Å². The SMILES string of the molecule is CCOC(=O)CS(=O)c1nc2c(c(C(F)(F)F)n1)CCc1ccccc1-2. The molecule has 5 nitrogen and oxygen atoms in total. The maximum atomic E-state index is 13.5. The number of aryl methyl sites for hydroxylation is 1. The number of ether oxygens (including phenoxy) is 1. The van der Waals surface area contributed by atoms with Gasteiger partial charge in [0.25, 0.3) is 0 Å². The van der Waals surface area contributed by atoms with Gasteiger partial charge in [-0.2, -0.15) is 13.2 Å². The minimum Gasteiger partial charge on any atom is -0.465 e. The molecule has 0 saturated heterocycles. The fourth-order valence-corrected chi connectivity index (χ4v) is 3.68.